The van der Waals surface area contributed by atoms with Gasteiger partial charge in [-0.15, -0.1) is 0 Å². The predicted molar refractivity (Wildman–Crippen MR) is 93.7 cm³/mol. The molecule has 0 saturated carbocycles. The molecule has 0 aliphatic heterocycles. The molecular weight excluding hydrogens is 325 g/mol. The van der Waals surface area contributed by atoms with E-state index in [0.29, 0.717) is 25.9 Å². The van der Waals surface area contributed by atoms with Crippen LogP contribution in [-0.4, -0.2) is 29.3 Å². The van der Waals surface area contributed by atoms with E-state index >= 15 is 0 Å². The van der Waals surface area contributed by atoms with Gasteiger partial charge in [-0.1, -0.05) is 12.1 Å². The van der Waals surface area contributed by atoms with Crippen LogP contribution in [0.3, 0.4) is 0 Å². The molecule has 0 saturated heterocycles. The maximum absolute atomic E-state index is 12.9. The third kappa shape index (κ3) is 5.87. The molecule has 0 bridgehead atoms. The Morgan fingerprint density at radius 3 is 2.40 bits per heavy atom. The first kappa shape index (κ1) is 18.4. The number of nitrogens with zero attached hydrogens (tertiary/aromatic N) is 2. The molecule has 0 heterocycles. The van der Waals surface area contributed by atoms with Crippen LogP contribution in [0.2, 0.25) is 0 Å². The van der Waals surface area contributed by atoms with E-state index in [9.17, 15) is 19.3 Å². The molecule has 0 atom stereocenters. The smallest absolute Gasteiger partial charge is 0.269 e. The lowest BCUT2D eigenvalue weighted by molar-refractivity contribution is -0.384. The van der Waals surface area contributed by atoms with Gasteiger partial charge in [-0.05, 0) is 36.2 Å². The molecular formula is C18H20FN3O3. The monoisotopic (exact) mass is 345 g/mol. The quantitative estimate of drug-likeness (QED) is 0.451. The maximum Gasteiger partial charge on any atom is 0.269 e. The fourth-order valence-corrected chi connectivity index (χ4v) is 2.32. The van der Waals surface area contributed by atoms with Gasteiger partial charge in [0.1, 0.15) is 5.82 Å². The standard InChI is InChI=1S/C18H20FN3O3/c1-21(13-14-4-6-15(19)7-5-14)18(23)3-2-12-20-16-8-10-17(11-9-16)22(24)25/h4-11,20H,2-3,12-13H2,1H3. The number of hydrogen-bond acceptors (Lipinski definition) is 4. The molecule has 0 radical (unpaired) electrons. The second-order valence-corrected chi connectivity index (χ2v) is 5.71. The van der Waals surface area contributed by atoms with E-state index in [4.69, 9.17) is 0 Å². The van der Waals surface area contributed by atoms with Crippen LogP contribution in [-0.2, 0) is 11.3 Å². The normalized spacial score (nSPS) is 10.3. The van der Waals surface area contributed by atoms with Gasteiger partial charge >= 0.3 is 0 Å². The van der Waals surface area contributed by atoms with E-state index < -0.39 is 4.92 Å². The van der Waals surface area contributed by atoms with Crippen LogP contribution in [0.5, 0.6) is 0 Å². The number of anilines is 1. The van der Waals surface area contributed by atoms with E-state index in [1.165, 1.54) is 24.3 Å². The summed E-state index contributed by atoms with van der Waals surface area (Å²) < 4.78 is 12.9. The lowest BCUT2D eigenvalue weighted by atomic mass is 10.2. The van der Waals surface area contributed by atoms with Gasteiger partial charge in [-0.25, -0.2) is 4.39 Å². The van der Waals surface area contributed by atoms with Crippen molar-refractivity contribution in [2.45, 2.75) is 19.4 Å². The highest BCUT2D eigenvalue weighted by Crippen LogP contribution is 2.15. The Hall–Kier alpha value is -2.96. The Bertz CT molecular complexity index is 717. The van der Waals surface area contributed by atoms with Crippen molar-refractivity contribution in [3.63, 3.8) is 0 Å². The average Bonchev–Trinajstić information content (AvgIpc) is 2.60. The lowest BCUT2D eigenvalue weighted by Crippen LogP contribution is -2.26. The molecule has 0 aliphatic carbocycles. The average molecular weight is 345 g/mol. The molecule has 0 aromatic heterocycles. The molecule has 0 aliphatic rings. The van der Waals surface area contributed by atoms with E-state index in [1.54, 1.807) is 36.2 Å². The largest absolute Gasteiger partial charge is 0.385 e. The molecule has 25 heavy (non-hydrogen) atoms. The summed E-state index contributed by atoms with van der Waals surface area (Å²) in [6.07, 6.45) is 1.03. The zero-order valence-electron chi connectivity index (χ0n) is 13.9. The highest BCUT2D eigenvalue weighted by molar-refractivity contribution is 5.75. The third-order valence-electron chi connectivity index (χ3n) is 3.73. The van der Waals surface area contributed by atoms with Gasteiger partial charge in [0.2, 0.25) is 5.91 Å². The Morgan fingerprint density at radius 2 is 1.80 bits per heavy atom. The van der Waals surface area contributed by atoms with Crippen LogP contribution in [0, 0.1) is 15.9 Å². The SMILES string of the molecule is CN(Cc1ccc(F)cc1)C(=O)CCCNc1ccc([N+](=O)[O-])cc1. The van der Waals surface area contributed by atoms with E-state index in [2.05, 4.69) is 5.32 Å². The Labute approximate surface area is 145 Å². The van der Waals surface area contributed by atoms with E-state index in [-0.39, 0.29) is 17.4 Å². The van der Waals surface area contributed by atoms with Gasteiger partial charge in [0.25, 0.3) is 5.69 Å². The van der Waals surface area contributed by atoms with E-state index in [1.807, 2.05) is 0 Å². The Balaban J connectivity index is 1.70. The fourth-order valence-electron chi connectivity index (χ4n) is 2.32. The first-order valence-corrected chi connectivity index (χ1v) is 7.92. The summed E-state index contributed by atoms with van der Waals surface area (Å²) in [7, 11) is 1.72. The van der Waals surface area contributed by atoms with Gasteiger partial charge in [0.05, 0.1) is 4.92 Å². The highest BCUT2D eigenvalue weighted by Gasteiger charge is 2.09. The topological polar surface area (TPSA) is 75.5 Å². The van der Waals surface area contributed by atoms with Crippen LogP contribution in [0.4, 0.5) is 15.8 Å². The first-order chi connectivity index (χ1) is 12.0. The van der Waals surface area contributed by atoms with Crippen LogP contribution in [0.15, 0.2) is 48.5 Å². The van der Waals surface area contributed by atoms with Crippen molar-refractivity contribution in [1.29, 1.82) is 0 Å². The molecule has 1 N–H and O–H groups in total. The van der Waals surface area contributed by atoms with Crippen LogP contribution in [0.1, 0.15) is 18.4 Å². The number of amides is 1. The summed E-state index contributed by atoms with van der Waals surface area (Å²) in [5, 5.41) is 13.7. The van der Waals surface area contributed by atoms with E-state index in [0.717, 1.165) is 11.3 Å². The summed E-state index contributed by atoms with van der Waals surface area (Å²) >= 11 is 0. The molecule has 6 nitrogen and oxygen atoms in total. The number of nitro groups is 1. The lowest BCUT2D eigenvalue weighted by Gasteiger charge is -2.17. The zero-order valence-corrected chi connectivity index (χ0v) is 13.9. The van der Waals surface area contributed by atoms with Gasteiger partial charge in [-0.2, -0.15) is 0 Å². The molecule has 2 aromatic carbocycles. The number of rotatable bonds is 8. The first-order valence-electron chi connectivity index (χ1n) is 7.92. The third-order valence-corrected chi connectivity index (χ3v) is 3.73. The number of hydrogen-bond donors (Lipinski definition) is 1. The summed E-state index contributed by atoms with van der Waals surface area (Å²) in [5.41, 5.74) is 1.70. The number of nitrogens with one attached hydrogen (secondary N) is 1. The van der Waals surface area contributed by atoms with Crippen molar-refractivity contribution in [1.82, 2.24) is 4.90 Å². The minimum Gasteiger partial charge on any atom is -0.385 e. The number of nitro benzene ring substituents is 1. The van der Waals surface area contributed by atoms with Crippen molar-refractivity contribution in [3.05, 3.63) is 70.0 Å². The van der Waals surface area contributed by atoms with Crippen molar-refractivity contribution in [2.75, 3.05) is 18.9 Å². The van der Waals surface area contributed by atoms with Crippen LogP contribution < -0.4 is 5.32 Å². The number of non-ortho nitro benzene ring substituents is 1. The fraction of sp³-hybridized carbons (Fsp3) is 0.278. The highest BCUT2D eigenvalue weighted by atomic mass is 19.1. The predicted octanol–water partition coefficient (Wildman–Crippen LogP) is 3.58. The maximum atomic E-state index is 12.9. The van der Waals surface area contributed by atoms with Gasteiger partial charge < -0.3 is 10.2 Å². The van der Waals surface area contributed by atoms with Gasteiger partial charge in [0.15, 0.2) is 0 Å². The summed E-state index contributed by atoms with van der Waals surface area (Å²) in [4.78, 5) is 23.8. The molecule has 1 amide bonds. The van der Waals surface area contributed by atoms with Crippen molar-refractivity contribution < 1.29 is 14.1 Å². The summed E-state index contributed by atoms with van der Waals surface area (Å²) in [6.45, 7) is 1.03. The second-order valence-electron chi connectivity index (χ2n) is 5.71. The summed E-state index contributed by atoms with van der Waals surface area (Å²) in [6, 6.07) is 12.2. The van der Waals surface area contributed by atoms with Gasteiger partial charge in [-0.3, -0.25) is 14.9 Å². The Kier molecular flexibility index (Phi) is 6.45. The van der Waals surface area contributed by atoms with Gasteiger partial charge in [0, 0.05) is 44.4 Å². The number of halogens is 1. The number of benzene rings is 2. The van der Waals surface area contributed by atoms with Crippen LogP contribution >= 0.6 is 0 Å². The van der Waals surface area contributed by atoms with Crippen molar-refractivity contribution >= 4 is 17.3 Å². The van der Waals surface area contributed by atoms with Crippen molar-refractivity contribution in [2.24, 2.45) is 0 Å². The molecule has 0 spiro atoms. The second kappa shape index (κ2) is 8.77. The summed E-state index contributed by atoms with van der Waals surface area (Å²) in [5.74, 6) is -0.287. The Morgan fingerprint density at radius 1 is 1.16 bits per heavy atom. The minimum absolute atomic E-state index is 0.00910. The van der Waals surface area contributed by atoms with Crippen molar-refractivity contribution in [3.8, 4) is 0 Å². The molecule has 132 valence electrons. The zero-order chi connectivity index (χ0) is 18.2. The number of carbonyl (C=O) groups excluding carboxylic acids is 1. The minimum atomic E-state index is -0.445. The number of carbonyl (C=O) groups is 1. The molecule has 2 rings (SSSR count). The molecule has 7 heteroatoms. The molecule has 0 fully saturated rings. The molecule has 2 aromatic rings. The van der Waals surface area contributed by atoms with Crippen LogP contribution in [0.25, 0.3) is 0 Å². The molecule has 0 unspecified atom stereocenters.